The summed E-state index contributed by atoms with van der Waals surface area (Å²) in [5.74, 6) is 0. The van der Waals surface area contributed by atoms with Crippen molar-refractivity contribution in [2.75, 3.05) is 19.6 Å². The normalized spacial score (nSPS) is 19.8. The Kier molecular flexibility index (Phi) is 4.65. The summed E-state index contributed by atoms with van der Waals surface area (Å²) in [6.07, 6.45) is 1.28. The van der Waals surface area contributed by atoms with Gasteiger partial charge in [0.25, 0.3) is 0 Å². The Morgan fingerprint density at radius 2 is 2.10 bits per heavy atom. The van der Waals surface area contributed by atoms with Crippen LogP contribution in [0.5, 0.6) is 0 Å². The molecule has 1 aromatic carbocycles. The van der Waals surface area contributed by atoms with Gasteiger partial charge in [0, 0.05) is 25.0 Å². The van der Waals surface area contributed by atoms with Gasteiger partial charge in [0.2, 0.25) is 0 Å². The minimum atomic E-state index is -0.378. The number of aliphatic hydroxyl groups excluding tert-OH is 1. The predicted octanol–water partition coefficient (Wildman–Crippen LogP) is 2.13. The van der Waals surface area contributed by atoms with E-state index in [4.69, 9.17) is 0 Å². The smallest absolute Gasteiger partial charge is 0.317 e. The Labute approximate surface area is 120 Å². The third-order valence-corrected chi connectivity index (χ3v) is 3.92. The van der Waals surface area contributed by atoms with Gasteiger partial charge >= 0.3 is 6.03 Å². The van der Waals surface area contributed by atoms with Gasteiger partial charge in [-0.25, -0.2) is 4.79 Å². The van der Waals surface area contributed by atoms with Gasteiger partial charge in [-0.1, -0.05) is 44.2 Å². The first-order valence-electron chi connectivity index (χ1n) is 7.25. The van der Waals surface area contributed by atoms with Crippen LogP contribution in [0.25, 0.3) is 0 Å². The van der Waals surface area contributed by atoms with E-state index in [1.54, 1.807) is 4.90 Å². The lowest BCUT2D eigenvalue weighted by Gasteiger charge is -2.32. The number of amides is 2. The molecule has 1 unspecified atom stereocenters. The third kappa shape index (κ3) is 3.73. The molecule has 1 aliphatic heterocycles. The number of likely N-dealkylation sites (tertiary alicyclic amines) is 1. The number of hydrogen-bond acceptors (Lipinski definition) is 2. The molecule has 1 aliphatic rings. The molecular formula is C16H24N2O2. The molecule has 0 aromatic heterocycles. The van der Waals surface area contributed by atoms with E-state index in [9.17, 15) is 9.90 Å². The minimum Gasteiger partial charge on any atom is -0.391 e. The highest BCUT2D eigenvalue weighted by atomic mass is 16.3. The minimum absolute atomic E-state index is 0.0762. The monoisotopic (exact) mass is 276 g/mol. The van der Waals surface area contributed by atoms with Crippen LogP contribution in [0, 0.1) is 0 Å². The molecule has 0 radical (unpaired) electrons. The van der Waals surface area contributed by atoms with Crippen LogP contribution < -0.4 is 5.32 Å². The molecule has 1 heterocycles. The van der Waals surface area contributed by atoms with Crippen molar-refractivity contribution < 1.29 is 9.90 Å². The molecule has 0 spiro atoms. The number of urea groups is 1. The van der Waals surface area contributed by atoms with Crippen molar-refractivity contribution in [2.45, 2.75) is 38.2 Å². The van der Waals surface area contributed by atoms with Crippen molar-refractivity contribution in [3.8, 4) is 0 Å². The lowest BCUT2D eigenvalue weighted by Crippen LogP contribution is -2.49. The molecule has 0 saturated carbocycles. The molecule has 1 aromatic rings. The van der Waals surface area contributed by atoms with E-state index in [0.717, 1.165) is 19.4 Å². The van der Waals surface area contributed by atoms with Crippen LogP contribution in [0.2, 0.25) is 0 Å². The van der Waals surface area contributed by atoms with Gasteiger partial charge in [-0.05, 0) is 18.4 Å². The molecule has 0 aliphatic carbocycles. The summed E-state index contributed by atoms with van der Waals surface area (Å²) in [5, 5.41) is 12.6. The van der Waals surface area contributed by atoms with Crippen molar-refractivity contribution in [1.29, 1.82) is 0 Å². The number of nitrogens with zero attached hydrogens (tertiary/aromatic N) is 1. The van der Waals surface area contributed by atoms with Gasteiger partial charge in [0.15, 0.2) is 0 Å². The van der Waals surface area contributed by atoms with Crippen molar-refractivity contribution in [2.24, 2.45) is 0 Å². The summed E-state index contributed by atoms with van der Waals surface area (Å²) in [6.45, 7) is 6.00. The average Bonchev–Trinajstić information content (AvgIpc) is 2.46. The van der Waals surface area contributed by atoms with Crippen LogP contribution in [-0.4, -0.2) is 41.8 Å². The van der Waals surface area contributed by atoms with Gasteiger partial charge in [-0.2, -0.15) is 0 Å². The second-order valence-electron chi connectivity index (χ2n) is 6.15. The van der Waals surface area contributed by atoms with Crippen molar-refractivity contribution in [3.05, 3.63) is 35.9 Å². The molecule has 4 heteroatoms. The Bertz CT molecular complexity index is 445. The zero-order valence-corrected chi connectivity index (χ0v) is 12.3. The second-order valence-corrected chi connectivity index (χ2v) is 6.15. The number of aliphatic hydroxyl groups is 1. The summed E-state index contributed by atoms with van der Waals surface area (Å²) in [6, 6.07) is 10.1. The fourth-order valence-corrected chi connectivity index (χ4v) is 2.54. The summed E-state index contributed by atoms with van der Waals surface area (Å²) in [7, 11) is 0. The number of hydrogen-bond donors (Lipinski definition) is 2. The number of rotatable bonds is 3. The third-order valence-electron chi connectivity index (χ3n) is 3.92. The molecule has 1 atom stereocenters. The summed E-state index contributed by atoms with van der Waals surface area (Å²) in [5.41, 5.74) is 1.10. The summed E-state index contributed by atoms with van der Waals surface area (Å²) in [4.78, 5) is 13.8. The van der Waals surface area contributed by atoms with E-state index >= 15 is 0 Å². The van der Waals surface area contributed by atoms with Gasteiger partial charge in [0.1, 0.15) is 0 Å². The van der Waals surface area contributed by atoms with Gasteiger partial charge in [0.05, 0.1) is 6.10 Å². The lowest BCUT2D eigenvalue weighted by molar-refractivity contribution is 0.0839. The van der Waals surface area contributed by atoms with Gasteiger partial charge < -0.3 is 15.3 Å². The average molecular weight is 276 g/mol. The summed E-state index contributed by atoms with van der Waals surface area (Å²) >= 11 is 0. The molecular weight excluding hydrogens is 252 g/mol. The van der Waals surface area contributed by atoms with Crippen LogP contribution in [0.15, 0.2) is 30.3 Å². The Balaban J connectivity index is 1.89. The number of benzene rings is 1. The number of β-amino-alcohol motifs (C(OH)–C–C–N with tert-alkyl or cyclic N) is 1. The highest BCUT2D eigenvalue weighted by Gasteiger charge is 2.25. The maximum atomic E-state index is 12.1. The lowest BCUT2D eigenvalue weighted by atomic mass is 9.85. The van der Waals surface area contributed by atoms with E-state index in [0.29, 0.717) is 13.1 Å². The highest BCUT2D eigenvalue weighted by molar-refractivity contribution is 5.74. The second kappa shape index (κ2) is 6.27. The van der Waals surface area contributed by atoms with E-state index in [-0.39, 0.29) is 17.6 Å². The number of piperidine rings is 1. The molecule has 1 saturated heterocycles. The van der Waals surface area contributed by atoms with Crippen LogP contribution >= 0.6 is 0 Å². The topological polar surface area (TPSA) is 52.6 Å². The highest BCUT2D eigenvalue weighted by Crippen LogP contribution is 2.21. The SMILES string of the molecule is CC(C)(CNC(=O)N1CCCC(O)C1)c1ccccc1. The van der Waals surface area contributed by atoms with Crippen molar-refractivity contribution in [3.63, 3.8) is 0 Å². The largest absolute Gasteiger partial charge is 0.391 e. The molecule has 2 amide bonds. The first kappa shape index (κ1) is 14.9. The Morgan fingerprint density at radius 1 is 1.40 bits per heavy atom. The van der Waals surface area contributed by atoms with Gasteiger partial charge in [-0.3, -0.25) is 0 Å². The molecule has 2 rings (SSSR count). The van der Waals surface area contributed by atoms with E-state index in [1.165, 1.54) is 5.56 Å². The van der Waals surface area contributed by atoms with Crippen LogP contribution in [0.3, 0.4) is 0 Å². The standard InChI is InChI=1S/C16H24N2O2/c1-16(2,13-7-4-3-5-8-13)12-17-15(20)18-10-6-9-14(19)11-18/h3-5,7-8,14,19H,6,9-12H2,1-2H3,(H,17,20). The molecule has 1 fully saturated rings. The summed E-state index contributed by atoms with van der Waals surface area (Å²) < 4.78 is 0. The fourth-order valence-electron chi connectivity index (χ4n) is 2.54. The van der Waals surface area contributed by atoms with E-state index in [1.807, 2.05) is 18.2 Å². The molecule has 4 nitrogen and oxygen atoms in total. The zero-order chi connectivity index (χ0) is 14.6. The maximum Gasteiger partial charge on any atom is 0.317 e. The van der Waals surface area contributed by atoms with Gasteiger partial charge in [-0.15, -0.1) is 0 Å². The van der Waals surface area contributed by atoms with Crippen molar-refractivity contribution in [1.82, 2.24) is 10.2 Å². The zero-order valence-electron chi connectivity index (χ0n) is 12.3. The Hall–Kier alpha value is -1.55. The van der Waals surface area contributed by atoms with E-state index in [2.05, 4.69) is 31.3 Å². The quantitative estimate of drug-likeness (QED) is 0.888. The van der Waals surface area contributed by atoms with E-state index < -0.39 is 0 Å². The molecule has 20 heavy (non-hydrogen) atoms. The number of nitrogens with one attached hydrogen (secondary N) is 1. The van der Waals surface area contributed by atoms with Crippen LogP contribution in [0.4, 0.5) is 4.79 Å². The first-order valence-corrected chi connectivity index (χ1v) is 7.25. The van der Waals surface area contributed by atoms with Crippen molar-refractivity contribution >= 4 is 6.03 Å². The fraction of sp³-hybridized carbons (Fsp3) is 0.562. The maximum absolute atomic E-state index is 12.1. The molecule has 110 valence electrons. The molecule has 0 bridgehead atoms. The number of carbonyl (C=O) groups is 1. The van der Waals surface area contributed by atoms with Crippen LogP contribution in [0.1, 0.15) is 32.3 Å². The Morgan fingerprint density at radius 3 is 2.75 bits per heavy atom. The molecule has 2 N–H and O–H groups in total. The first-order chi connectivity index (χ1) is 9.49. The number of carbonyl (C=O) groups excluding carboxylic acids is 1. The predicted molar refractivity (Wildman–Crippen MR) is 79.7 cm³/mol. The van der Waals surface area contributed by atoms with Crippen LogP contribution in [-0.2, 0) is 5.41 Å².